The molecule has 0 N–H and O–H groups in total. The largest absolute Gasteiger partial charge is 0.381 e. The Morgan fingerprint density at radius 3 is 1.87 bits per heavy atom. The van der Waals surface area contributed by atoms with Crippen LogP contribution in [0.4, 0.5) is 0 Å². The van der Waals surface area contributed by atoms with Crippen molar-refractivity contribution >= 4 is 0 Å². The van der Waals surface area contributed by atoms with Gasteiger partial charge < -0.3 is 9.47 Å². The van der Waals surface area contributed by atoms with Gasteiger partial charge in [-0.25, -0.2) is 0 Å². The molecule has 23 heavy (non-hydrogen) atoms. The maximum Gasteiger partial charge on any atom is 0.0605 e. The molecular weight excluding hydrogens is 284 g/mol. The predicted molar refractivity (Wildman–Crippen MR) is 95.5 cm³/mol. The van der Waals surface area contributed by atoms with E-state index in [0.717, 1.165) is 29.6 Å². The van der Waals surface area contributed by atoms with Gasteiger partial charge in [0.2, 0.25) is 0 Å². The molecule has 0 amide bonds. The van der Waals surface area contributed by atoms with E-state index < -0.39 is 0 Å². The molecule has 3 aliphatic rings. The minimum atomic E-state index is 0.465. The highest BCUT2D eigenvalue weighted by atomic mass is 16.5. The molecule has 0 radical (unpaired) electrons. The van der Waals surface area contributed by atoms with Crippen LogP contribution in [0.5, 0.6) is 0 Å². The summed E-state index contributed by atoms with van der Waals surface area (Å²) in [6, 6.07) is 0. The fourth-order valence-corrected chi connectivity index (χ4v) is 6.09. The average molecular weight is 323 g/mol. The first-order valence-electron chi connectivity index (χ1n) is 10.3. The molecule has 0 aromatic heterocycles. The van der Waals surface area contributed by atoms with E-state index in [4.69, 9.17) is 9.47 Å². The lowest BCUT2D eigenvalue weighted by atomic mass is 9.64. The van der Waals surface area contributed by atoms with Gasteiger partial charge in [-0.15, -0.1) is 0 Å². The summed E-state index contributed by atoms with van der Waals surface area (Å²) in [5.41, 5.74) is 0. The average Bonchev–Trinajstić information content (AvgIpc) is 2.62. The fraction of sp³-hybridized carbons (Fsp3) is 1.00. The predicted octanol–water partition coefficient (Wildman–Crippen LogP) is 5.45. The minimum absolute atomic E-state index is 0.465. The van der Waals surface area contributed by atoms with Crippen molar-refractivity contribution in [2.75, 3.05) is 14.2 Å². The van der Waals surface area contributed by atoms with Crippen molar-refractivity contribution in [2.24, 2.45) is 29.6 Å². The molecule has 0 spiro atoms. The molecule has 2 nitrogen and oxygen atoms in total. The zero-order valence-corrected chi connectivity index (χ0v) is 15.6. The molecule has 0 heterocycles. The van der Waals surface area contributed by atoms with Gasteiger partial charge in [0.05, 0.1) is 12.2 Å². The summed E-state index contributed by atoms with van der Waals surface area (Å²) in [4.78, 5) is 0. The molecule has 3 rings (SSSR count). The molecule has 0 aromatic carbocycles. The van der Waals surface area contributed by atoms with Crippen molar-refractivity contribution < 1.29 is 9.47 Å². The molecule has 134 valence electrons. The van der Waals surface area contributed by atoms with Crippen LogP contribution in [-0.4, -0.2) is 26.4 Å². The summed E-state index contributed by atoms with van der Waals surface area (Å²) in [5.74, 6) is 4.22. The molecular formula is C21H38O2. The van der Waals surface area contributed by atoms with Crippen LogP contribution in [0.3, 0.4) is 0 Å². The Labute approximate surface area is 143 Å². The van der Waals surface area contributed by atoms with Crippen LogP contribution >= 0.6 is 0 Å². The number of methoxy groups -OCH3 is 2. The second kappa shape index (κ2) is 8.34. The monoisotopic (exact) mass is 322 g/mol. The van der Waals surface area contributed by atoms with E-state index in [9.17, 15) is 0 Å². The highest BCUT2D eigenvalue weighted by molar-refractivity contribution is 4.92. The van der Waals surface area contributed by atoms with Gasteiger partial charge in [-0.2, -0.15) is 0 Å². The van der Waals surface area contributed by atoms with E-state index >= 15 is 0 Å². The third-order valence-electron chi connectivity index (χ3n) is 7.46. The minimum Gasteiger partial charge on any atom is -0.381 e. The SMILES string of the molecule is COC1CC(C)CCC1C1CCC(C2CCCCC2)CC1OC. The van der Waals surface area contributed by atoms with Crippen molar-refractivity contribution in [1.82, 2.24) is 0 Å². The Morgan fingerprint density at radius 1 is 0.609 bits per heavy atom. The molecule has 3 fully saturated rings. The number of hydrogen-bond donors (Lipinski definition) is 0. The van der Waals surface area contributed by atoms with Crippen molar-refractivity contribution in [1.29, 1.82) is 0 Å². The Bertz CT molecular complexity index is 350. The van der Waals surface area contributed by atoms with Gasteiger partial charge in [0, 0.05) is 14.2 Å². The first kappa shape index (κ1) is 17.7. The summed E-state index contributed by atoms with van der Waals surface area (Å²) >= 11 is 0. The van der Waals surface area contributed by atoms with Crippen LogP contribution in [0.25, 0.3) is 0 Å². The third-order valence-corrected chi connectivity index (χ3v) is 7.46. The molecule has 6 atom stereocenters. The summed E-state index contributed by atoms with van der Waals surface area (Å²) in [6.07, 6.45) is 16.4. The first-order valence-corrected chi connectivity index (χ1v) is 10.3. The van der Waals surface area contributed by atoms with Gasteiger partial charge in [-0.1, -0.05) is 45.4 Å². The van der Waals surface area contributed by atoms with Crippen molar-refractivity contribution in [3.63, 3.8) is 0 Å². The summed E-state index contributed by atoms with van der Waals surface area (Å²) in [7, 11) is 3.87. The highest BCUT2D eigenvalue weighted by Gasteiger charge is 2.42. The Morgan fingerprint density at radius 2 is 1.22 bits per heavy atom. The summed E-state index contributed by atoms with van der Waals surface area (Å²) < 4.78 is 12.0. The van der Waals surface area contributed by atoms with Gasteiger partial charge >= 0.3 is 0 Å². The van der Waals surface area contributed by atoms with Gasteiger partial charge in [0.15, 0.2) is 0 Å². The Kier molecular flexibility index (Phi) is 6.43. The Hall–Kier alpha value is -0.0800. The second-order valence-electron chi connectivity index (χ2n) is 8.77. The van der Waals surface area contributed by atoms with E-state index in [1.54, 1.807) is 0 Å². The lowest BCUT2D eigenvalue weighted by Crippen LogP contribution is -2.44. The van der Waals surface area contributed by atoms with Crippen molar-refractivity contribution in [3.8, 4) is 0 Å². The lowest BCUT2D eigenvalue weighted by molar-refractivity contribution is -0.0853. The van der Waals surface area contributed by atoms with Gasteiger partial charge in [-0.3, -0.25) is 0 Å². The maximum absolute atomic E-state index is 6.04. The van der Waals surface area contributed by atoms with Crippen molar-refractivity contribution in [2.45, 2.75) is 89.8 Å². The van der Waals surface area contributed by atoms with E-state index in [2.05, 4.69) is 6.92 Å². The molecule has 2 heteroatoms. The second-order valence-corrected chi connectivity index (χ2v) is 8.77. The maximum atomic E-state index is 6.04. The van der Waals surface area contributed by atoms with Crippen LogP contribution in [0.2, 0.25) is 0 Å². The number of hydrogen-bond acceptors (Lipinski definition) is 2. The molecule has 0 aromatic rings. The molecule has 3 saturated carbocycles. The topological polar surface area (TPSA) is 18.5 Å². The molecule has 6 unspecified atom stereocenters. The fourth-order valence-electron chi connectivity index (χ4n) is 6.09. The van der Waals surface area contributed by atoms with Crippen LogP contribution in [0.1, 0.15) is 77.6 Å². The van der Waals surface area contributed by atoms with Crippen LogP contribution in [0.15, 0.2) is 0 Å². The molecule has 0 saturated heterocycles. The zero-order chi connectivity index (χ0) is 16.2. The van der Waals surface area contributed by atoms with Crippen LogP contribution < -0.4 is 0 Å². The number of ether oxygens (including phenoxy) is 2. The van der Waals surface area contributed by atoms with Gasteiger partial charge in [-0.05, 0) is 61.7 Å². The summed E-state index contributed by atoms with van der Waals surface area (Å²) in [6.45, 7) is 2.38. The Balaban J connectivity index is 1.62. The molecule has 0 aliphatic heterocycles. The lowest BCUT2D eigenvalue weighted by Gasteiger charge is -2.46. The third kappa shape index (κ3) is 4.12. The van der Waals surface area contributed by atoms with Gasteiger partial charge in [0.25, 0.3) is 0 Å². The standard InChI is InChI=1S/C21H38O2/c1-15-9-11-18(20(13-15)22-2)19-12-10-17(14-21(19)23-3)16-7-5-4-6-8-16/h15-21H,4-14H2,1-3H3. The van der Waals surface area contributed by atoms with E-state index in [0.29, 0.717) is 12.2 Å². The molecule has 3 aliphatic carbocycles. The molecule has 0 bridgehead atoms. The van der Waals surface area contributed by atoms with E-state index in [1.165, 1.54) is 70.6 Å². The van der Waals surface area contributed by atoms with Crippen LogP contribution in [-0.2, 0) is 9.47 Å². The van der Waals surface area contributed by atoms with Gasteiger partial charge in [0.1, 0.15) is 0 Å². The zero-order valence-electron chi connectivity index (χ0n) is 15.6. The number of rotatable bonds is 4. The van der Waals surface area contributed by atoms with E-state index in [1.807, 2.05) is 14.2 Å². The normalized spacial score (nSPS) is 43.4. The van der Waals surface area contributed by atoms with E-state index in [-0.39, 0.29) is 0 Å². The van der Waals surface area contributed by atoms with Crippen LogP contribution in [0, 0.1) is 29.6 Å². The quantitative estimate of drug-likeness (QED) is 0.685. The highest BCUT2D eigenvalue weighted by Crippen LogP contribution is 2.46. The smallest absolute Gasteiger partial charge is 0.0605 e. The van der Waals surface area contributed by atoms with Crippen molar-refractivity contribution in [3.05, 3.63) is 0 Å². The first-order chi connectivity index (χ1) is 11.2. The summed E-state index contributed by atoms with van der Waals surface area (Å²) in [5, 5.41) is 0.